The Kier molecular flexibility index (Phi) is 3.47. The highest BCUT2D eigenvalue weighted by Gasteiger charge is 2.09. The number of methoxy groups -OCH3 is 1. The fraction of sp³-hybridized carbons (Fsp3) is 0.0625. The summed E-state index contributed by atoms with van der Waals surface area (Å²) in [5, 5.41) is 8.40. The maximum absolute atomic E-state index is 11.2. The van der Waals surface area contributed by atoms with E-state index in [0.29, 0.717) is 0 Å². The standard InChI is InChI=1S/C16H13N3O2/c1-21-15(20)11-10-13-8-5-9-14-16(17-18-19(13)14)12-6-3-2-4-7-12/h2-11H,1H3/b11-10+. The third-order valence-corrected chi connectivity index (χ3v) is 3.11. The van der Waals surface area contributed by atoms with Crippen molar-refractivity contribution in [1.29, 1.82) is 0 Å². The Balaban J connectivity index is 2.09. The van der Waals surface area contributed by atoms with E-state index < -0.39 is 5.97 Å². The van der Waals surface area contributed by atoms with E-state index in [0.717, 1.165) is 22.5 Å². The van der Waals surface area contributed by atoms with Crippen LogP contribution < -0.4 is 0 Å². The molecule has 0 aliphatic heterocycles. The molecule has 2 heterocycles. The van der Waals surface area contributed by atoms with Crippen LogP contribution in [0.1, 0.15) is 5.69 Å². The van der Waals surface area contributed by atoms with Crippen LogP contribution in [0.4, 0.5) is 0 Å². The van der Waals surface area contributed by atoms with Crippen molar-refractivity contribution in [3.63, 3.8) is 0 Å². The number of carbonyl (C=O) groups excluding carboxylic acids is 1. The minimum Gasteiger partial charge on any atom is -0.466 e. The van der Waals surface area contributed by atoms with Gasteiger partial charge in [-0.3, -0.25) is 0 Å². The zero-order valence-electron chi connectivity index (χ0n) is 11.4. The molecule has 0 atom stereocenters. The number of benzene rings is 1. The lowest BCUT2D eigenvalue weighted by molar-refractivity contribution is -0.134. The van der Waals surface area contributed by atoms with Crippen molar-refractivity contribution >= 4 is 17.6 Å². The van der Waals surface area contributed by atoms with E-state index >= 15 is 0 Å². The van der Waals surface area contributed by atoms with Crippen molar-refractivity contribution < 1.29 is 9.53 Å². The molecule has 0 unspecified atom stereocenters. The van der Waals surface area contributed by atoms with E-state index in [1.807, 2.05) is 48.5 Å². The summed E-state index contributed by atoms with van der Waals surface area (Å²) in [5.41, 5.74) is 3.45. The first kappa shape index (κ1) is 13.1. The molecular formula is C16H13N3O2. The van der Waals surface area contributed by atoms with Gasteiger partial charge in [-0.15, -0.1) is 5.10 Å². The van der Waals surface area contributed by atoms with Gasteiger partial charge < -0.3 is 4.74 Å². The van der Waals surface area contributed by atoms with E-state index in [1.54, 1.807) is 10.6 Å². The van der Waals surface area contributed by atoms with Crippen LogP contribution in [-0.4, -0.2) is 27.9 Å². The van der Waals surface area contributed by atoms with Crippen LogP contribution >= 0.6 is 0 Å². The Labute approximate surface area is 121 Å². The first-order chi connectivity index (χ1) is 10.3. The van der Waals surface area contributed by atoms with Crippen LogP contribution in [0.25, 0.3) is 22.9 Å². The first-order valence-electron chi connectivity index (χ1n) is 6.45. The second kappa shape index (κ2) is 5.58. The van der Waals surface area contributed by atoms with Gasteiger partial charge in [0.15, 0.2) is 0 Å². The average Bonchev–Trinajstić information content (AvgIpc) is 2.98. The summed E-state index contributed by atoms with van der Waals surface area (Å²) in [6, 6.07) is 15.6. The van der Waals surface area contributed by atoms with Crippen molar-refractivity contribution in [2.75, 3.05) is 7.11 Å². The molecule has 3 aromatic rings. The topological polar surface area (TPSA) is 56.5 Å². The molecule has 0 radical (unpaired) electrons. The second-order valence-corrected chi connectivity index (χ2v) is 4.41. The maximum atomic E-state index is 11.2. The van der Waals surface area contributed by atoms with Crippen molar-refractivity contribution in [2.45, 2.75) is 0 Å². The predicted octanol–water partition coefficient (Wildman–Crippen LogP) is 2.58. The first-order valence-corrected chi connectivity index (χ1v) is 6.45. The molecule has 0 aliphatic carbocycles. The van der Waals surface area contributed by atoms with Gasteiger partial charge in [0.1, 0.15) is 5.69 Å². The highest BCUT2D eigenvalue weighted by molar-refractivity contribution is 5.87. The Bertz CT molecular complexity index is 807. The minimum absolute atomic E-state index is 0.407. The van der Waals surface area contributed by atoms with Gasteiger partial charge in [-0.2, -0.15) is 0 Å². The Morgan fingerprint density at radius 3 is 2.71 bits per heavy atom. The fourth-order valence-corrected chi connectivity index (χ4v) is 2.09. The Hall–Kier alpha value is -2.95. The lowest BCUT2D eigenvalue weighted by atomic mass is 10.1. The van der Waals surface area contributed by atoms with Crippen LogP contribution in [0.5, 0.6) is 0 Å². The molecule has 5 nitrogen and oxygen atoms in total. The molecule has 3 rings (SSSR count). The molecule has 1 aromatic carbocycles. The Morgan fingerprint density at radius 2 is 1.95 bits per heavy atom. The maximum Gasteiger partial charge on any atom is 0.330 e. The molecule has 0 bridgehead atoms. The van der Waals surface area contributed by atoms with Gasteiger partial charge in [-0.05, 0) is 18.2 Å². The van der Waals surface area contributed by atoms with Gasteiger partial charge in [0, 0.05) is 11.6 Å². The van der Waals surface area contributed by atoms with Gasteiger partial charge in [0.25, 0.3) is 0 Å². The molecule has 0 spiro atoms. The monoisotopic (exact) mass is 279 g/mol. The second-order valence-electron chi connectivity index (χ2n) is 4.41. The van der Waals surface area contributed by atoms with E-state index in [2.05, 4.69) is 15.0 Å². The number of aromatic nitrogens is 3. The quantitative estimate of drug-likeness (QED) is 0.546. The summed E-state index contributed by atoms with van der Waals surface area (Å²) in [6.07, 6.45) is 3.01. The van der Waals surface area contributed by atoms with Gasteiger partial charge in [-0.1, -0.05) is 41.6 Å². The largest absolute Gasteiger partial charge is 0.466 e. The number of hydrogen-bond acceptors (Lipinski definition) is 4. The zero-order chi connectivity index (χ0) is 14.7. The Morgan fingerprint density at radius 1 is 1.14 bits per heavy atom. The van der Waals surface area contributed by atoms with Gasteiger partial charge in [0.05, 0.1) is 18.3 Å². The zero-order valence-corrected chi connectivity index (χ0v) is 11.4. The predicted molar refractivity (Wildman–Crippen MR) is 79.5 cm³/mol. The number of rotatable bonds is 3. The molecule has 104 valence electrons. The van der Waals surface area contributed by atoms with Gasteiger partial charge in [0.2, 0.25) is 0 Å². The molecule has 5 heteroatoms. The lowest BCUT2D eigenvalue weighted by Crippen LogP contribution is -1.96. The van der Waals surface area contributed by atoms with Crippen LogP contribution in [0.3, 0.4) is 0 Å². The van der Waals surface area contributed by atoms with Gasteiger partial charge in [-0.25, -0.2) is 9.31 Å². The van der Waals surface area contributed by atoms with Crippen LogP contribution in [-0.2, 0) is 9.53 Å². The number of esters is 1. The highest BCUT2D eigenvalue weighted by atomic mass is 16.5. The van der Waals surface area contributed by atoms with Crippen molar-refractivity contribution in [3.8, 4) is 11.3 Å². The van der Waals surface area contributed by atoms with Crippen molar-refractivity contribution in [3.05, 3.63) is 60.3 Å². The molecule has 0 saturated heterocycles. The molecule has 21 heavy (non-hydrogen) atoms. The number of carbonyl (C=O) groups is 1. The number of nitrogens with zero attached hydrogens (tertiary/aromatic N) is 3. The molecule has 0 N–H and O–H groups in total. The molecule has 2 aromatic heterocycles. The van der Waals surface area contributed by atoms with E-state index in [4.69, 9.17) is 0 Å². The van der Waals surface area contributed by atoms with Crippen LogP contribution in [0, 0.1) is 0 Å². The van der Waals surface area contributed by atoms with Crippen LogP contribution in [0.2, 0.25) is 0 Å². The molecule has 0 saturated carbocycles. The number of hydrogen-bond donors (Lipinski definition) is 0. The normalized spacial score (nSPS) is 11.1. The number of ether oxygens (including phenoxy) is 1. The summed E-state index contributed by atoms with van der Waals surface area (Å²) < 4.78 is 6.28. The van der Waals surface area contributed by atoms with E-state index in [-0.39, 0.29) is 0 Å². The van der Waals surface area contributed by atoms with Crippen LogP contribution in [0.15, 0.2) is 54.6 Å². The van der Waals surface area contributed by atoms with E-state index in [9.17, 15) is 4.79 Å². The third-order valence-electron chi connectivity index (χ3n) is 3.11. The van der Waals surface area contributed by atoms with E-state index in [1.165, 1.54) is 13.2 Å². The number of fused-ring (bicyclic) bond motifs is 1. The smallest absolute Gasteiger partial charge is 0.330 e. The summed E-state index contributed by atoms with van der Waals surface area (Å²) in [4.78, 5) is 11.2. The SMILES string of the molecule is COC(=O)/C=C/c1cccc2c(-c3ccccc3)nnn12. The summed E-state index contributed by atoms with van der Waals surface area (Å²) in [5.74, 6) is -0.407. The highest BCUT2D eigenvalue weighted by Crippen LogP contribution is 2.22. The summed E-state index contributed by atoms with van der Waals surface area (Å²) in [7, 11) is 1.34. The fourth-order valence-electron chi connectivity index (χ4n) is 2.09. The van der Waals surface area contributed by atoms with Gasteiger partial charge >= 0.3 is 5.97 Å². The molecule has 0 fully saturated rings. The third kappa shape index (κ3) is 2.53. The molecular weight excluding hydrogens is 266 g/mol. The summed E-state index contributed by atoms with van der Waals surface area (Å²) in [6.45, 7) is 0. The van der Waals surface area contributed by atoms with Crippen molar-refractivity contribution in [1.82, 2.24) is 14.8 Å². The number of pyridine rings is 1. The lowest BCUT2D eigenvalue weighted by Gasteiger charge is -2.00. The average molecular weight is 279 g/mol. The molecule has 0 aliphatic rings. The minimum atomic E-state index is -0.407. The molecule has 0 amide bonds. The van der Waals surface area contributed by atoms with Crippen molar-refractivity contribution in [2.24, 2.45) is 0 Å². The summed E-state index contributed by atoms with van der Waals surface area (Å²) >= 11 is 0.